The minimum atomic E-state index is -1.49. The highest BCUT2D eigenvalue weighted by Crippen LogP contribution is 2.34. The maximum atomic E-state index is 14.3. The number of halogens is 3. The van der Waals surface area contributed by atoms with Crippen molar-refractivity contribution >= 4 is 22.7 Å². The van der Waals surface area contributed by atoms with Gasteiger partial charge < -0.3 is 4.42 Å². The zero-order chi connectivity index (χ0) is 26.1. The number of aromatic nitrogens is 4. The van der Waals surface area contributed by atoms with E-state index in [4.69, 9.17) is 9.40 Å². The Morgan fingerprint density at radius 3 is 2.45 bits per heavy atom. The quantitative estimate of drug-likeness (QED) is 0.159. The molecule has 0 atom stereocenters. The summed E-state index contributed by atoms with van der Waals surface area (Å²) in [5, 5.41) is 10.3. The lowest BCUT2D eigenvalue weighted by Gasteiger charge is -2.13. The van der Waals surface area contributed by atoms with Crippen LogP contribution < -0.4 is 0 Å². The van der Waals surface area contributed by atoms with Gasteiger partial charge in [-0.05, 0) is 30.3 Å². The summed E-state index contributed by atoms with van der Waals surface area (Å²) in [4.78, 5) is 4.86. The number of hydrogen-bond acceptors (Lipinski definition) is 5. The minimum Gasteiger partial charge on any atom is -0.467 e. The highest BCUT2D eigenvalue weighted by molar-refractivity contribution is 7.98. The van der Waals surface area contributed by atoms with Crippen molar-refractivity contribution in [3.8, 4) is 22.6 Å². The number of thioether (sulfide) groups is 1. The summed E-state index contributed by atoms with van der Waals surface area (Å²) in [6.45, 7) is 0.315. The largest absolute Gasteiger partial charge is 0.467 e. The van der Waals surface area contributed by atoms with E-state index in [-0.39, 0.29) is 11.3 Å². The molecule has 0 unspecified atom stereocenters. The third-order valence-corrected chi connectivity index (χ3v) is 7.13. The molecular formula is C29H19F3N4OS. The average Bonchev–Trinajstić information content (AvgIpc) is 3.62. The molecule has 0 spiro atoms. The van der Waals surface area contributed by atoms with Crippen LogP contribution in [0.1, 0.15) is 11.3 Å². The van der Waals surface area contributed by atoms with Crippen molar-refractivity contribution in [1.29, 1.82) is 0 Å². The molecule has 0 radical (unpaired) electrons. The number of rotatable bonds is 7. The first kappa shape index (κ1) is 24.0. The Hall–Kier alpha value is -4.37. The molecule has 0 aliphatic rings. The van der Waals surface area contributed by atoms with Crippen LogP contribution in [-0.4, -0.2) is 19.7 Å². The van der Waals surface area contributed by atoms with E-state index in [0.717, 1.165) is 33.8 Å². The van der Waals surface area contributed by atoms with Crippen LogP contribution in [0.4, 0.5) is 13.2 Å². The fraction of sp³-hybridized carbons (Fsp3) is 0.0690. The van der Waals surface area contributed by atoms with Crippen molar-refractivity contribution in [2.45, 2.75) is 17.5 Å². The van der Waals surface area contributed by atoms with Crippen LogP contribution in [0.25, 0.3) is 33.5 Å². The fourth-order valence-corrected chi connectivity index (χ4v) is 5.15. The fourth-order valence-electron chi connectivity index (χ4n) is 4.23. The Balaban J connectivity index is 1.46. The van der Waals surface area contributed by atoms with E-state index in [2.05, 4.69) is 10.2 Å². The summed E-state index contributed by atoms with van der Waals surface area (Å²) in [7, 11) is 0. The van der Waals surface area contributed by atoms with Gasteiger partial charge in [0, 0.05) is 27.8 Å². The number of benzene rings is 3. The van der Waals surface area contributed by atoms with Crippen LogP contribution in [0.15, 0.2) is 101 Å². The summed E-state index contributed by atoms with van der Waals surface area (Å²) in [6.07, 6.45) is 1.58. The molecule has 0 aliphatic heterocycles. The second kappa shape index (κ2) is 10.2. The van der Waals surface area contributed by atoms with E-state index in [1.165, 1.54) is 17.8 Å². The smallest absolute Gasteiger partial charge is 0.194 e. The molecule has 0 saturated heterocycles. The normalized spacial score (nSPS) is 11.3. The molecule has 38 heavy (non-hydrogen) atoms. The SMILES string of the molecule is Fc1ccc(CSc2nnc(-c3cc(-c4ccccc4)nc4ccccc34)n2Cc2ccco2)c(F)c1F. The summed E-state index contributed by atoms with van der Waals surface area (Å²) in [5.74, 6) is -2.64. The molecule has 5 nitrogen and oxygen atoms in total. The van der Waals surface area contributed by atoms with Gasteiger partial charge in [-0.1, -0.05) is 66.4 Å². The maximum Gasteiger partial charge on any atom is 0.194 e. The number of para-hydroxylation sites is 1. The number of nitrogens with zero attached hydrogens (tertiary/aromatic N) is 4. The lowest BCUT2D eigenvalue weighted by Crippen LogP contribution is -2.05. The standard InChI is InChI=1S/C29H19F3N4OS/c30-23-13-12-19(26(31)27(23)32)17-38-29-35-34-28(36(29)16-20-9-6-14-37-20)22-15-25(18-7-2-1-3-8-18)33-24-11-5-4-10-21(22)24/h1-15H,16-17H2. The molecule has 0 bridgehead atoms. The molecule has 0 aliphatic carbocycles. The van der Waals surface area contributed by atoms with E-state index in [1.54, 1.807) is 12.3 Å². The molecule has 0 fully saturated rings. The molecule has 3 heterocycles. The molecule has 0 saturated carbocycles. The molecular weight excluding hydrogens is 509 g/mol. The molecule has 0 amide bonds. The van der Waals surface area contributed by atoms with Crippen LogP contribution in [0.3, 0.4) is 0 Å². The van der Waals surface area contributed by atoms with Crippen LogP contribution in [0.5, 0.6) is 0 Å². The Labute approximate surface area is 220 Å². The Kier molecular flexibility index (Phi) is 6.43. The van der Waals surface area contributed by atoms with Crippen molar-refractivity contribution in [2.24, 2.45) is 0 Å². The predicted molar refractivity (Wildman–Crippen MR) is 140 cm³/mol. The van der Waals surface area contributed by atoms with Crippen molar-refractivity contribution in [3.63, 3.8) is 0 Å². The van der Waals surface area contributed by atoms with Gasteiger partial charge in [-0.2, -0.15) is 0 Å². The van der Waals surface area contributed by atoms with Gasteiger partial charge >= 0.3 is 0 Å². The Bertz CT molecular complexity index is 1740. The summed E-state index contributed by atoms with van der Waals surface area (Å²) < 4.78 is 49.0. The van der Waals surface area contributed by atoms with E-state index < -0.39 is 17.5 Å². The first-order valence-corrected chi connectivity index (χ1v) is 12.7. The Morgan fingerprint density at radius 1 is 0.816 bits per heavy atom. The molecule has 9 heteroatoms. The van der Waals surface area contributed by atoms with Crippen LogP contribution in [0.2, 0.25) is 0 Å². The summed E-state index contributed by atoms with van der Waals surface area (Å²) in [5.41, 5.74) is 3.39. The van der Waals surface area contributed by atoms with E-state index in [1.807, 2.05) is 71.3 Å². The predicted octanol–water partition coefficient (Wildman–Crippen LogP) is 7.51. The van der Waals surface area contributed by atoms with E-state index in [9.17, 15) is 13.2 Å². The number of fused-ring (bicyclic) bond motifs is 1. The van der Waals surface area contributed by atoms with Gasteiger partial charge in [-0.25, -0.2) is 18.2 Å². The lowest BCUT2D eigenvalue weighted by atomic mass is 10.0. The van der Waals surface area contributed by atoms with E-state index >= 15 is 0 Å². The van der Waals surface area contributed by atoms with E-state index in [0.29, 0.717) is 23.3 Å². The number of furan rings is 1. The zero-order valence-corrected chi connectivity index (χ0v) is 20.6. The average molecular weight is 529 g/mol. The molecule has 3 aromatic carbocycles. The third kappa shape index (κ3) is 4.56. The topological polar surface area (TPSA) is 56.7 Å². The molecule has 0 N–H and O–H groups in total. The second-order valence-electron chi connectivity index (χ2n) is 8.53. The Morgan fingerprint density at radius 2 is 1.63 bits per heavy atom. The highest BCUT2D eigenvalue weighted by Gasteiger charge is 2.21. The van der Waals surface area contributed by atoms with Gasteiger partial charge in [0.15, 0.2) is 28.4 Å². The van der Waals surface area contributed by atoms with Gasteiger partial charge in [0.05, 0.1) is 24.0 Å². The van der Waals surface area contributed by atoms with Crippen LogP contribution in [-0.2, 0) is 12.3 Å². The van der Waals surface area contributed by atoms with Crippen molar-refractivity contribution in [2.75, 3.05) is 0 Å². The monoisotopic (exact) mass is 528 g/mol. The maximum absolute atomic E-state index is 14.3. The first-order valence-electron chi connectivity index (χ1n) is 11.7. The summed E-state index contributed by atoms with van der Waals surface area (Å²) in [6, 6.07) is 25.4. The highest BCUT2D eigenvalue weighted by atomic mass is 32.2. The molecule has 3 aromatic heterocycles. The minimum absolute atomic E-state index is 0.0312. The van der Waals surface area contributed by atoms with Crippen molar-refractivity contribution < 1.29 is 17.6 Å². The number of hydrogen-bond donors (Lipinski definition) is 0. The summed E-state index contributed by atoms with van der Waals surface area (Å²) >= 11 is 1.18. The second-order valence-corrected chi connectivity index (χ2v) is 9.48. The van der Waals surface area contributed by atoms with Crippen LogP contribution in [0, 0.1) is 17.5 Å². The molecule has 6 rings (SSSR count). The third-order valence-electron chi connectivity index (χ3n) is 6.11. The molecule has 188 valence electrons. The van der Waals surface area contributed by atoms with Crippen LogP contribution >= 0.6 is 11.8 Å². The van der Waals surface area contributed by atoms with Crippen molar-refractivity contribution in [1.82, 2.24) is 19.7 Å². The van der Waals surface area contributed by atoms with Gasteiger partial charge in [0.2, 0.25) is 0 Å². The van der Waals surface area contributed by atoms with Crippen molar-refractivity contribution in [3.05, 3.63) is 120 Å². The van der Waals surface area contributed by atoms with Gasteiger partial charge in [-0.3, -0.25) is 4.57 Å². The number of pyridine rings is 1. The van der Waals surface area contributed by atoms with Gasteiger partial charge in [0.1, 0.15) is 5.76 Å². The molecule has 6 aromatic rings. The van der Waals surface area contributed by atoms with Gasteiger partial charge in [0.25, 0.3) is 0 Å². The van der Waals surface area contributed by atoms with Gasteiger partial charge in [-0.15, -0.1) is 10.2 Å². The first-order chi connectivity index (χ1) is 18.6. The lowest BCUT2D eigenvalue weighted by molar-refractivity contribution is 0.443. The zero-order valence-electron chi connectivity index (χ0n) is 19.8.